The summed E-state index contributed by atoms with van der Waals surface area (Å²) in [5, 5.41) is 10.7. The number of ether oxygens (including phenoxy) is 1. The van der Waals surface area contributed by atoms with Gasteiger partial charge >= 0.3 is 0 Å². The molecule has 1 fully saturated rings. The highest BCUT2D eigenvalue weighted by Gasteiger charge is 2.49. The molecule has 0 radical (unpaired) electrons. The van der Waals surface area contributed by atoms with Gasteiger partial charge in [-0.25, -0.2) is 0 Å². The zero-order chi connectivity index (χ0) is 18.5. The van der Waals surface area contributed by atoms with E-state index in [-0.39, 0.29) is 22.3 Å². The number of rotatable bonds is 3. The van der Waals surface area contributed by atoms with Crippen LogP contribution in [0.1, 0.15) is 27.2 Å². The van der Waals surface area contributed by atoms with Gasteiger partial charge < -0.3 is 14.3 Å². The second kappa shape index (κ2) is 6.38. The number of allylic oxidation sites excluding steroid dienone is 1. The fourth-order valence-corrected chi connectivity index (χ4v) is 6.71. The highest BCUT2D eigenvalue weighted by Crippen LogP contribution is 2.45. The van der Waals surface area contributed by atoms with Gasteiger partial charge in [0, 0.05) is 6.61 Å². The molecule has 138 valence electrons. The SMILES string of the molecule is CC(C)(C)[Si](C)(C)OC1=C[C@H]([Si](C)(C)C)[C@H]2CCO[C@@H]1C(=O)C2O. The van der Waals surface area contributed by atoms with E-state index in [0.29, 0.717) is 12.4 Å². The van der Waals surface area contributed by atoms with Gasteiger partial charge in [-0.05, 0) is 42.1 Å². The molecule has 24 heavy (non-hydrogen) atoms. The molecule has 4 atom stereocenters. The van der Waals surface area contributed by atoms with E-state index in [1.54, 1.807) is 0 Å². The molecule has 1 saturated heterocycles. The molecule has 4 nitrogen and oxygen atoms in total. The molecule has 1 unspecified atom stereocenters. The topological polar surface area (TPSA) is 55.8 Å². The Morgan fingerprint density at radius 3 is 2.29 bits per heavy atom. The van der Waals surface area contributed by atoms with E-state index in [0.717, 1.165) is 6.42 Å². The van der Waals surface area contributed by atoms with Crippen LogP contribution in [0.4, 0.5) is 0 Å². The van der Waals surface area contributed by atoms with Crippen LogP contribution in [0.2, 0.25) is 43.3 Å². The number of carbonyl (C=O) groups is 1. The number of carbonyl (C=O) groups excluding carboxylic acids is 1. The maximum atomic E-state index is 12.8. The molecule has 0 saturated carbocycles. The van der Waals surface area contributed by atoms with E-state index in [1.165, 1.54) is 0 Å². The lowest BCUT2D eigenvalue weighted by Gasteiger charge is -2.39. The van der Waals surface area contributed by atoms with Crippen LogP contribution in [0, 0.1) is 5.92 Å². The first-order chi connectivity index (χ1) is 10.8. The molecule has 1 heterocycles. The first kappa shape index (κ1) is 19.9. The van der Waals surface area contributed by atoms with Crippen LogP contribution in [0.25, 0.3) is 0 Å². The predicted molar refractivity (Wildman–Crippen MR) is 102 cm³/mol. The van der Waals surface area contributed by atoms with Gasteiger partial charge in [-0.1, -0.05) is 40.4 Å². The number of aliphatic hydroxyl groups excluding tert-OH is 1. The Morgan fingerprint density at radius 1 is 1.21 bits per heavy atom. The van der Waals surface area contributed by atoms with E-state index >= 15 is 0 Å². The summed E-state index contributed by atoms with van der Waals surface area (Å²) in [6.45, 7) is 18.3. The van der Waals surface area contributed by atoms with Crippen molar-refractivity contribution in [3.63, 3.8) is 0 Å². The first-order valence-corrected chi connectivity index (χ1v) is 15.5. The Bertz CT molecular complexity index is 528. The van der Waals surface area contributed by atoms with E-state index in [2.05, 4.69) is 59.6 Å². The van der Waals surface area contributed by atoms with Crippen molar-refractivity contribution < 1.29 is 19.1 Å². The smallest absolute Gasteiger partial charge is 0.250 e. The second-order valence-electron chi connectivity index (χ2n) is 9.87. The second-order valence-corrected chi connectivity index (χ2v) is 20.0. The van der Waals surface area contributed by atoms with Crippen LogP contribution in [-0.4, -0.2) is 46.1 Å². The number of aliphatic hydroxyl groups is 1. The van der Waals surface area contributed by atoms with Gasteiger partial charge in [0.05, 0.1) is 8.07 Å². The summed E-state index contributed by atoms with van der Waals surface area (Å²) in [4.78, 5) is 12.8. The van der Waals surface area contributed by atoms with Crippen LogP contribution < -0.4 is 0 Å². The van der Waals surface area contributed by atoms with Gasteiger partial charge in [0.2, 0.25) is 8.32 Å². The predicted octanol–water partition coefficient (Wildman–Crippen LogP) is 3.95. The molecule has 1 aliphatic carbocycles. The quantitative estimate of drug-likeness (QED) is 0.764. The lowest BCUT2D eigenvalue weighted by Crippen LogP contribution is -2.44. The molecule has 1 aliphatic heterocycles. The Balaban J connectivity index is 2.49. The molecular formula is C18H34O4Si2. The Hall–Kier alpha value is -0.436. The zero-order valence-electron chi connectivity index (χ0n) is 16.5. The lowest BCUT2D eigenvalue weighted by molar-refractivity contribution is -0.136. The molecule has 0 aromatic rings. The van der Waals surface area contributed by atoms with E-state index < -0.39 is 28.6 Å². The summed E-state index contributed by atoms with van der Waals surface area (Å²) in [6, 6.07) is 0. The zero-order valence-corrected chi connectivity index (χ0v) is 18.5. The number of hydrogen-bond acceptors (Lipinski definition) is 4. The monoisotopic (exact) mass is 370 g/mol. The summed E-state index contributed by atoms with van der Waals surface area (Å²) in [5.74, 6) is 0.401. The third kappa shape index (κ3) is 3.71. The van der Waals surface area contributed by atoms with Crippen LogP contribution >= 0.6 is 0 Å². The number of fused-ring (bicyclic) bond motifs is 3. The standard InChI is InChI=1S/C18H34O4Si2/c1-18(2,3)24(7,8)22-13-11-14(23(4,5)6)12-9-10-21-17(13)16(20)15(12)19/h11-12,14-15,17,19H,9-10H2,1-8H3/t12-,14+,15?,17+/m1/s1. The van der Waals surface area contributed by atoms with Crippen molar-refractivity contribution in [3.05, 3.63) is 11.8 Å². The maximum Gasteiger partial charge on any atom is 0.250 e. The molecule has 2 rings (SSSR count). The molecule has 2 bridgehead atoms. The van der Waals surface area contributed by atoms with Crippen LogP contribution in [0.5, 0.6) is 0 Å². The van der Waals surface area contributed by atoms with E-state index in [4.69, 9.17) is 9.16 Å². The van der Waals surface area contributed by atoms with Gasteiger partial charge in [-0.2, -0.15) is 0 Å². The van der Waals surface area contributed by atoms with Crippen molar-refractivity contribution in [2.75, 3.05) is 6.61 Å². The van der Waals surface area contributed by atoms with Crippen LogP contribution in [-0.2, 0) is 14.0 Å². The van der Waals surface area contributed by atoms with Crippen molar-refractivity contribution in [2.45, 2.75) is 82.7 Å². The number of hydrogen-bond donors (Lipinski definition) is 1. The first-order valence-electron chi connectivity index (χ1n) is 9.00. The summed E-state index contributed by atoms with van der Waals surface area (Å²) in [6.07, 6.45) is 1.21. The molecule has 0 aromatic heterocycles. The van der Waals surface area contributed by atoms with Crippen LogP contribution in [0.15, 0.2) is 11.8 Å². The van der Waals surface area contributed by atoms with Crippen molar-refractivity contribution in [1.29, 1.82) is 0 Å². The summed E-state index contributed by atoms with van der Waals surface area (Å²) in [5.41, 5.74) is 0.227. The Morgan fingerprint density at radius 2 is 1.79 bits per heavy atom. The summed E-state index contributed by atoms with van der Waals surface area (Å²) < 4.78 is 12.3. The minimum atomic E-state index is -2.08. The molecule has 0 spiro atoms. The Kier molecular flexibility index (Phi) is 5.28. The molecule has 0 aromatic carbocycles. The molecule has 1 N–H and O–H groups in total. The summed E-state index contributed by atoms with van der Waals surface area (Å²) in [7, 11) is -3.69. The molecule has 6 heteroatoms. The van der Waals surface area contributed by atoms with Gasteiger partial charge in [0.25, 0.3) is 0 Å². The van der Waals surface area contributed by atoms with Crippen molar-refractivity contribution in [2.24, 2.45) is 5.92 Å². The highest BCUT2D eigenvalue weighted by atomic mass is 28.4. The minimum absolute atomic E-state index is 0.0462. The fraction of sp³-hybridized carbons (Fsp3) is 0.833. The number of Topliss-reactive ketones (excluding diaryl/α,β-unsaturated/α-hetero) is 1. The van der Waals surface area contributed by atoms with Crippen molar-refractivity contribution >= 4 is 22.2 Å². The van der Waals surface area contributed by atoms with Gasteiger partial charge in [0.1, 0.15) is 11.9 Å². The normalized spacial score (nSPS) is 32.2. The fourth-order valence-electron chi connectivity index (χ4n) is 3.34. The van der Waals surface area contributed by atoms with Crippen molar-refractivity contribution in [1.82, 2.24) is 0 Å². The lowest BCUT2D eigenvalue weighted by atomic mass is 9.93. The molecular weight excluding hydrogens is 336 g/mol. The molecule has 2 aliphatic rings. The van der Waals surface area contributed by atoms with E-state index in [1.807, 2.05) is 0 Å². The van der Waals surface area contributed by atoms with Crippen LogP contribution in [0.3, 0.4) is 0 Å². The Labute approximate surface area is 148 Å². The number of ketones is 1. The third-order valence-corrected chi connectivity index (χ3v) is 12.9. The van der Waals surface area contributed by atoms with Gasteiger partial charge in [-0.15, -0.1) is 0 Å². The highest BCUT2D eigenvalue weighted by molar-refractivity contribution is 6.78. The summed E-state index contributed by atoms with van der Waals surface area (Å²) >= 11 is 0. The van der Waals surface area contributed by atoms with Gasteiger partial charge in [-0.3, -0.25) is 4.79 Å². The largest absolute Gasteiger partial charge is 0.544 e. The maximum absolute atomic E-state index is 12.8. The molecule has 0 amide bonds. The average Bonchev–Trinajstić information content (AvgIpc) is 2.56. The van der Waals surface area contributed by atoms with Crippen molar-refractivity contribution in [3.8, 4) is 0 Å². The average molecular weight is 371 g/mol. The minimum Gasteiger partial charge on any atom is -0.544 e. The van der Waals surface area contributed by atoms with E-state index in [9.17, 15) is 9.90 Å². The third-order valence-electron chi connectivity index (χ3n) is 5.93. The van der Waals surface area contributed by atoms with Gasteiger partial charge in [0.15, 0.2) is 11.9 Å².